The Hall–Kier alpha value is -0.400. The van der Waals surface area contributed by atoms with Crippen LogP contribution in [0.4, 0.5) is 0 Å². The molecule has 0 amide bonds. The zero-order valence-electron chi connectivity index (χ0n) is 11.8. The van der Waals surface area contributed by atoms with Gasteiger partial charge >= 0.3 is 0 Å². The number of piperidine rings is 1. The summed E-state index contributed by atoms with van der Waals surface area (Å²) in [7, 11) is 0. The van der Waals surface area contributed by atoms with Crippen LogP contribution in [0.3, 0.4) is 0 Å². The van der Waals surface area contributed by atoms with Gasteiger partial charge in [-0.25, -0.2) is 0 Å². The monoisotopic (exact) mass is 325 g/mol. The van der Waals surface area contributed by atoms with Crippen molar-refractivity contribution in [1.82, 2.24) is 5.32 Å². The van der Waals surface area contributed by atoms with Crippen molar-refractivity contribution >= 4 is 0 Å². The van der Waals surface area contributed by atoms with Crippen LogP contribution in [-0.2, 0) is 9.47 Å². The van der Waals surface area contributed by atoms with Crippen molar-refractivity contribution in [3.8, 4) is 0 Å². The van der Waals surface area contributed by atoms with Crippen molar-refractivity contribution in [2.45, 2.75) is 55.1 Å². The summed E-state index contributed by atoms with van der Waals surface area (Å²) in [6, 6.07) is -0.717. The summed E-state index contributed by atoms with van der Waals surface area (Å²) in [5, 5.41) is 70.0. The van der Waals surface area contributed by atoms with Crippen molar-refractivity contribution in [1.29, 1.82) is 0 Å². The number of nitrogens with one attached hydrogen (secondary N) is 1. The van der Waals surface area contributed by atoms with E-state index in [1.54, 1.807) is 0 Å². The molecule has 22 heavy (non-hydrogen) atoms. The predicted molar refractivity (Wildman–Crippen MR) is 69.5 cm³/mol. The van der Waals surface area contributed by atoms with E-state index in [-0.39, 0.29) is 6.54 Å². The summed E-state index contributed by atoms with van der Waals surface area (Å²) in [6.07, 6.45) is -10.9. The van der Waals surface area contributed by atoms with Gasteiger partial charge in [0.25, 0.3) is 0 Å². The van der Waals surface area contributed by atoms with Gasteiger partial charge in [0.2, 0.25) is 0 Å². The number of β-amino-alcohol motifs (C(OH)–C–C–N with tert-alkyl or cyclic N) is 1. The summed E-state index contributed by atoms with van der Waals surface area (Å²) < 4.78 is 10.6. The lowest BCUT2D eigenvalue weighted by Gasteiger charge is -2.44. The second-order valence-electron chi connectivity index (χ2n) is 5.55. The van der Waals surface area contributed by atoms with Crippen LogP contribution in [0.1, 0.15) is 0 Å². The Bertz CT molecular complexity index is 355. The number of ether oxygens (including phenoxy) is 2. The number of aliphatic hydroxyl groups is 7. The molecule has 0 spiro atoms. The van der Waals surface area contributed by atoms with Crippen molar-refractivity contribution in [3.63, 3.8) is 0 Å². The topological polar surface area (TPSA) is 172 Å². The van der Waals surface area contributed by atoms with Crippen LogP contribution in [0.5, 0.6) is 0 Å². The Morgan fingerprint density at radius 2 is 1.59 bits per heavy atom. The fourth-order valence-electron chi connectivity index (χ4n) is 2.64. The summed E-state index contributed by atoms with van der Waals surface area (Å²) in [6.45, 7) is -0.949. The van der Waals surface area contributed by atoms with E-state index in [1.807, 2.05) is 0 Å². The highest BCUT2D eigenvalue weighted by Gasteiger charge is 2.47. The molecule has 0 bridgehead atoms. The normalized spacial score (nSPS) is 50.0. The third-order valence-electron chi connectivity index (χ3n) is 4.05. The van der Waals surface area contributed by atoms with Gasteiger partial charge < -0.3 is 50.5 Å². The predicted octanol–water partition coefficient (Wildman–Crippen LogP) is -5.14. The molecule has 0 aliphatic carbocycles. The molecular formula is C12H23NO9. The summed E-state index contributed by atoms with van der Waals surface area (Å²) >= 11 is 0. The number of hydrogen-bond acceptors (Lipinski definition) is 10. The molecule has 10 nitrogen and oxygen atoms in total. The average molecular weight is 325 g/mol. The van der Waals surface area contributed by atoms with Gasteiger partial charge in [-0.05, 0) is 0 Å². The molecule has 9 atom stereocenters. The molecule has 0 aromatic heterocycles. The first-order valence-corrected chi connectivity index (χ1v) is 7.07. The van der Waals surface area contributed by atoms with Crippen molar-refractivity contribution in [2.75, 3.05) is 19.8 Å². The van der Waals surface area contributed by atoms with Gasteiger partial charge in [0, 0.05) is 6.54 Å². The summed E-state index contributed by atoms with van der Waals surface area (Å²) in [5.74, 6) is 0. The Kier molecular flexibility index (Phi) is 6.07. The molecule has 2 saturated heterocycles. The Balaban J connectivity index is 2.09. The van der Waals surface area contributed by atoms with Crippen LogP contribution >= 0.6 is 0 Å². The minimum Gasteiger partial charge on any atom is -0.395 e. The van der Waals surface area contributed by atoms with Crippen LogP contribution in [0.25, 0.3) is 0 Å². The molecule has 2 rings (SSSR count). The highest BCUT2D eigenvalue weighted by atomic mass is 16.7. The minimum atomic E-state index is -1.62. The second kappa shape index (κ2) is 7.45. The molecule has 10 heteroatoms. The minimum absolute atomic E-state index is 0.0565. The average Bonchev–Trinajstić information content (AvgIpc) is 2.52. The van der Waals surface area contributed by atoms with Gasteiger partial charge in [0.1, 0.15) is 36.6 Å². The van der Waals surface area contributed by atoms with Crippen LogP contribution in [0.15, 0.2) is 0 Å². The third-order valence-corrected chi connectivity index (χ3v) is 4.05. The van der Waals surface area contributed by atoms with E-state index in [2.05, 4.69) is 5.32 Å². The van der Waals surface area contributed by atoms with E-state index in [9.17, 15) is 30.6 Å². The maximum atomic E-state index is 9.97. The van der Waals surface area contributed by atoms with E-state index in [0.29, 0.717) is 0 Å². The fraction of sp³-hybridized carbons (Fsp3) is 1.00. The SMILES string of the molecule is OC[C@@H]1O[C@H](O[C@H]2[C@H](O)[C@H](O)CN[C@@H]2CO)[C@H](O)[C@@H](O)[C@@H]1O. The zero-order chi connectivity index (χ0) is 16.4. The Morgan fingerprint density at radius 3 is 2.18 bits per heavy atom. The lowest BCUT2D eigenvalue weighted by atomic mass is 9.95. The molecule has 2 heterocycles. The molecule has 130 valence electrons. The highest BCUT2D eigenvalue weighted by Crippen LogP contribution is 2.25. The van der Waals surface area contributed by atoms with E-state index in [1.165, 1.54) is 0 Å². The molecule has 0 saturated carbocycles. The lowest BCUT2D eigenvalue weighted by molar-refractivity contribution is -0.324. The fourth-order valence-corrected chi connectivity index (χ4v) is 2.64. The van der Waals surface area contributed by atoms with Crippen molar-refractivity contribution in [2.24, 2.45) is 0 Å². The quantitative estimate of drug-likeness (QED) is 0.250. The number of hydrogen-bond donors (Lipinski definition) is 8. The zero-order valence-corrected chi connectivity index (χ0v) is 11.8. The van der Waals surface area contributed by atoms with Crippen molar-refractivity contribution in [3.05, 3.63) is 0 Å². The van der Waals surface area contributed by atoms with E-state index in [4.69, 9.17) is 14.6 Å². The first-order chi connectivity index (χ1) is 10.4. The Morgan fingerprint density at radius 1 is 0.909 bits per heavy atom. The number of rotatable bonds is 4. The molecule has 8 N–H and O–H groups in total. The van der Waals surface area contributed by atoms with Gasteiger partial charge in [-0.3, -0.25) is 0 Å². The van der Waals surface area contributed by atoms with Gasteiger partial charge in [-0.1, -0.05) is 0 Å². The van der Waals surface area contributed by atoms with Gasteiger partial charge in [-0.2, -0.15) is 0 Å². The molecule has 0 aromatic carbocycles. The van der Waals surface area contributed by atoms with Crippen LogP contribution in [0, 0.1) is 0 Å². The van der Waals surface area contributed by atoms with E-state index in [0.717, 1.165) is 0 Å². The summed E-state index contributed by atoms with van der Waals surface area (Å²) in [5.41, 5.74) is 0. The maximum Gasteiger partial charge on any atom is 0.187 e. The molecular weight excluding hydrogens is 302 g/mol. The van der Waals surface area contributed by atoms with Gasteiger partial charge in [-0.15, -0.1) is 0 Å². The standard InChI is InChI=1S/C12H23NO9/c14-2-4-11(7(17)5(16)1-13-4)22-12-10(20)9(19)8(18)6(3-15)21-12/h4-20H,1-3H2/t4-,5-,6+,7-,8-,9+,10-,11-,12-/m1/s1. The lowest BCUT2D eigenvalue weighted by Crippen LogP contribution is -2.65. The molecule has 2 fully saturated rings. The van der Waals surface area contributed by atoms with Crippen LogP contribution in [-0.4, -0.2) is 111 Å². The number of aliphatic hydroxyl groups excluding tert-OH is 7. The van der Waals surface area contributed by atoms with Crippen LogP contribution < -0.4 is 5.32 Å². The van der Waals surface area contributed by atoms with Gasteiger partial charge in [0.05, 0.1) is 25.4 Å². The van der Waals surface area contributed by atoms with Crippen molar-refractivity contribution < 1.29 is 45.2 Å². The molecule has 2 aliphatic rings. The van der Waals surface area contributed by atoms with E-state index < -0.39 is 68.3 Å². The second-order valence-corrected chi connectivity index (χ2v) is 5.55. The van der Waals surface area contributed by atoms with E-state index >= 15 is 0 Å². The van der Waals surface area contributed by atoms with Crippen LogP contribution in [0.2, 0.25) is 0 Å². The molecule has 0 radical (unpaired) electrons. The Labute approximate surface area is 126 Å². The first-order valence-electron chi connectivity index (χ1n) is 7.07. The molecule has 0 unspecified atom stereocenters. The highest BCUT2D eigenvalue weighted by molar-refractivity contribution is 4.95. The smallest absolute Gasteiger partial charge is 0.187 e. The molecule has 2 aliphatic heterocycles. The first kappa shape index (κ1) is 17.9. The molecule has 0 aromatic rings. The summed E-state index contributed by atoms with van der Waals surface area (Å²) in [4.78, 5) is 0. The van der Waals surface area contributed by atoms with Gasteiger partial charge in [0.15, 0.2) is 6.29 Å². The third kappa shape index (κ3) is 3.41. The maximum absolute atomic E-state index is 9.97. The largest absolute Gasteiger partial charge is 0.395 e.